The van der Waals surface area contributed by atoms with Gasteiger partial charge in [0.15, 0.2) is 0 Å². The molecule has 3 atom stereocenters. The highest BCUT2D eigenvalue weighted by atomic mass is 32.1. The van der Waals surface area contributed by atoms with Crippen molar-refractivity contribution in [2.45, 2.75) is 25.3 Å². The molecule has 0 spiro atoms. The summed E-state index contributed by atoms with van der Waals surface area (Å²) in [5.74, 6) is -2.29. The van der Waals surface area contributed by atoms with Crippen LogP contribution in [0.2, 0.25) is 0 Å². The minimum atomic E-state index is -0.938. The van der Waals surface area contributed by atoms with Crippen LogP contribution < -0.4 is 5.32 Å². The van der Waals surface area contributed by atoms with Crippen molar-refractivity contribution in [2.24, 2.45) is 5.92 Å². The van der Waals surface area contributed by atoms with E-state index in [0.717, 1.165) is 17.0 Å². The second kappa shape index (κ2) is 9.15. The molecule has 0 saturated carbocycles. The molecule has 1 N–H and O–H groups in total. The van der Waals surface area contributed by atoms with Crippen LogP contribution in [-0.2, 0) is 24.6 Å². The molecule has 8 heteroatoms. The highest BCUT2D eigenvalue weighted by molar-refractivity contribution is 7.10. The lowest BCUT2D eigenvalue weighted by atomic mass is 9.67. The lowest BCUT2D eigenvalue weighted by molar-refractivity contribution is -0.150. The Balaban J connectivity index is 1.91. The predicted octanol–water partition coefficient (Wildman–Crippen LogP) is 4.04. The maximum absolute atomic E-state index is 13.3. The molecule has 4 rings (SSSR count). The summed E-state index contributed by atoms with van der Waals surface area (Å²) in [6.45, 7) is 3.74. The summed E-state index contributed by atoms with van der Waals surface area (Å²) >= 11 is 1.44. The number of hydrogen-bond donors (Lipinski definition) is 1. The number of thiazole rings is 1. The average molecular weight is 464 g/mol. The molecule has 0 amide bonds. The standard InChI is InChI=1S/C25H25N3O4S/c1-15-19(22(29)31-3)20(16-10-6-5-7-11-16)21(23(30)32-4)25(2,28-15)24-27-18(14-33-24)17-12-8-9-13-26-17/h5-14,20-21,28H,1-4H3. The third-order valence-corrected chi connectivity index (χ3v) is 7.09. The lowest BCUT2D eigenvalue weighted by Gasteiger charge is -2.45. The number of aromatic nitrogens is 2. The number of hydrogen-bond acceptors (Lipinski definition) is 8. The molecule has 2 aromatic heterocycles. The zero-order valence-corrected chi connectivity index (χ0v) is 19.7. The predicted molar refractivity (Wildman–Crippen MR) is 125 cm³/mol. The summed E-state index contributed by atoms with van der Waals surface area (Å²) in [6, 6.07) is 15.1. The monoisotopic (exact) mass is 463 g/mol. The first-order valence-electron chi connectivity index (χ1n) is 10.5. The number of allylic oxidation sites excluding steroid dienone is 1. The molecule has 1 aliphatic rings. The van der Waals surface area contributed by atoms with Gasteiger partial charge in [0.05, 0.1) is 37.1 Å². The first kappa shape index (κ1) is 22.7. The minimum Gasteiger partial charge on any atom is -0.469 e. The van der Waals surface area contributed by atoms with E-state index in [1.54, 1.807) is 6.20 Å². The fourth-order valence-electron chi connectivity index (χ4n) is 4.51. The van der Waals surface area contributed by atoms with E-state index in [-0.39, 0.29) is 0 Å². The van der Waals surface area contributed by atoms with Crippen LogP contribution in [0.5, 0.6) is 0 Å². The van der Waals surface area contributed by atoms with Crippen LogP contribution >= 0.6 is 11.3 Å². The van der Waals surface area contributed by atoms with Crippen molar-refractivity contribution in [3.63, 3.8) is 0 Å². The van der Waals surface area contributed by atoms with Crippen molar-refractivity contribution in [3.8, 4) is 11.4 Å². The Kier molecular flexibility index (Phi) is 6.29. The van der Waals surface area contributed by atoms with Crippen LogP contribution in [-0.4, -0.2) is 36.1 Å². The zero-order chi connectivity index (χ0) is 23.6. The molecule has 0 bridgehead atoms. The number of methoxy groups -OCH3 is 2. The van der Waals surface area contributed by atoms with Gasteiger partial charge in [-0.05, 0) is 31.5 Å². The van der Waals surface area contributed by atoms with E-state index in [4.69, 9.17) is 14.5 Å². The van der Waals surface area contributed by atoms with Gasteiger partial charge in [0.1, 0.15) is 10.5 Å². The Morgan fingerprint density at radius 2 is 1.76 bits per heavy atom. The molecular weight excluding hydrogens is 438 g/mol. The molecule has 1 aromatic carbocycles. The Morgan fingerprint density at radius 1 is 1.03 bits per heavy atom. The van der Waals surface area contributed by atoms with Crippen molar-refractivity contribution in [2.75, 3.05) is 14.2 Å². The molecule has 0 radical (unpaired) electrons. The van der Waals surface area contributed by atoms with Gasteiger partial charge < -0.3 is 14.8 Å². The van der Waals surface area contributed by atoms with Crippen LogP contribution in [0.1, 0.15) is 30.3 Å². The average Bonchev–Trinajstić information content (AvgIpc) is 3.35. The number of rotatable bonds is 5. The third kappa shape index (κ3) is 4.02. The van der Waals surface area contributed by atoms with E-state index in [1.807, 2.05) is 67.8 Å². The fraction of sp³-hybridized carbons (Fsp3) is 0.280. The van der Waals surface area contributed by atoms with Crippen LogP contribution in [0, 0.1) is 5.92 Å². The number of carbonyl (C=O) groups excluding carboxylic acids is 2. The number of nitrogens with zero attached hydrogens (tertiary/aromatic N) is 2. The van der Waals surface area contributed by atoms with Gasteiger partial charge in [-0.25, -0.2) is 9.78 Å². The van der Waals surface area contributed by atoms with E-state index in [9.17, 15) is 9.59 Å². The first-order chi connectivity index (χ1) is 15.9. The summed E-state index contributed by atoms with van der Waals surface area (Å²) in [4.78, 5) is 35.4. The molecule has 1 aliphatic heterocycles. The van der Waals surface area contributed by atoms with E-state index < -0.39 is 29.3 Å². The molecule has 3 aromatic rings. The van der Waals surface area contributed by atoms with Gasteiger partial charge in [-0.2, -0.15) is 0 Å². The van der Waals surface area contributed by atoms with Crippen LogP contribution in [0.25, 0.3) is 11.4 Å². The summed E-state index contributed by atoms with van der Waals surface area (Å²) in [5.41, 5.74) is 2.38. The van der Waals surface area contributed by atoms with Gasteiger partial charge in [0, 0.05) is 23.2 Å². The highest BCUT2D eigenvalue weighted by Crippen LogP contribution is 2.49. The smallest absolute Gasteiger partial charge is 0.336 e. The van der Waals surface area contributed by atoms with Crippen molar-refractivity contribution in [1.82, 2.24) is 15.3 Å². The molecule has 0 saturated heterocycles. The second-order valence-electron chi connectivity index (χ2n) is 8.00. The molecule has 0 aliphatic carbocycles. The highest BCUT2D eigenvalue weighted by Gasteiger charge is 2.54. The number of carbonyl (C=O) groups is 2. The maximum atomic E-state index is 13.3. The van der Waals surface area contributed by atoms with E-state index in [0.29, 0.717) is 16.3 Å². The van der Waals surface area contributed by atoms with Crippen LogP contribution in [0.4, 0.5) is 0 Å². The number of ether oxygens (including phenoxy) is 2. The molecular formula is C25H25N3O4S. The van der Waals surface area contributed by atoms with Gasteiger partial charge in [-0.1, -0.05) is 36.4 Å². The molecule has 0 fully saturated rings. The number of nitrogens with one attached hydrogen (secondary N) is 1. The summed E-state index contributed by atoms with van der Waals surface area (Å²) in [5, 5.41) is 6.03. The SMILES string of the molecule is COC(=O)C1=C(C)NC(C)(c2nc(-c3ccccn3)cs2)C(C(=O)OC)C1c1ccccc1. The molecule has 33 heavy (non-hydrogen) atoms. The quantitative estimate of drug-likeness (QED) is 0.571. The number of esters is 2. The Morgan fingerprint density at radius 3 is 2.39 bits per heavy atom. The van der Waals surface area contributed by atoms with Crippen LogP contribution in [0.15, 0.2) is 71.4 Å². The van der Waals surface area contributed by atoms with Gasteiger partial charge in [-0.3, -0.25) is 9.78 Å². The van der Waals surface area contributed by atoms with Crippen molar-refractivity contribution >= 4 is 23.3 Å². The Labute approximate surface area is 196 Å². The van der Waals surface area contributed by atoms with Crippen molar-refractivity contribution in [1.29, 1.82) is 0 Å². The minimum absolute atomic E-state index is 0.401. The summed E-state index contributed by atoms with van der Waals surface area (Å²) in [6.07, 6.45) is 1.72. The lowest BCUT2D eigenvalue weighted by Crippen LogP contribution is -2.55. The van der Waals surface area contributed by atoms with E-state index in [2.05, 4.69) is 10.3 Å². The number of pyridine rings is 1. The summed E-state index contributed by atoms with van der Waals surface area (Å²) in [7, 11) is 2.69. The second-order valence-corrected chi connectivity index (χ2v) is 8.86. The molecule has 7 nitrogen and oxygen atoms in total. The van der Waals surface area contributed by atoms with Gasteiger partial charge in [0.2, 0.25) is 0 Å². The summed E-state index contributed by atoms with van der Waals surface area (Å²) < 4.78 is 10.4. The van der Waals surface area contributed by atoms with Gasteiger partial charge in [0.25, 0.3) is 0 Å². The molecule has 3 heterocycles. The Bertz CT molecular complexity index is 1190. The third-order valence-electron chi connectivity index (χ3n) is 6.01. The Hall–Kier alpha value is -3.52. The first-order valence-corrected chi connectivity index (χ1v) is 11.4. The topological polar surface area (TPSA) is 90.4 Å². The van der Waals surface area contributed by atoms with Crippen molar-refractivity contribution in [3.05, 3.63) is 81.9 Å². The fourth-order valence-corrected chi connectivity index (χ4v) is 5.48. The van der Waals surface area contributed by atoms with E-state index in [1.165, 1.54) is 25.6 Å². The zero-order valence-electron chi connectivity index (χ0n) is 18.9. The van der Waals surface area contributed by atoms with Crippen molar-refractivity contribution < 1.29 is 19.1 Å². The van der Waals surface area contributed by atoms with E-state index >= 15 is 0 Å². The van der Waals surface area contributed by atoms with Gasteiger partial charge >= 0.3 is 11.9 Å². The molecule has 3 unspecified atom stereocenters. The normalized spacial score (nSPS) is 22.4. The molecule has 170 valence electrons. The number of benzene rings is 1. The largest absolute Gasteiger partial charge is 0.469 e. The van der Waals surface area contributed by atoms with Gasteiger partial charge in [-0.15, -0.1) is 11.3 Å². The van der Waals surface area contributed by atoms with Crippen LogP contribution in [0.3, 0.4) is 0 Å². The maximum Gasteiger partial charge on any atom is 0.336 e.